The van der Waals surface area contributed by atoms with E-state index in [1.165, 1.54) is 120 Å². The van der Waals surface area contributed by atoms with Crippen molar-refractivity contribution in [2.75, 3.05) is 5.32 Å². The van der Waals surface area contributed by atoms with Gasteiger partial charge in [0.15, 0.2) is 0 Å². The number of fused-ring (bicyclic) bond motifs is 14. The molecular weight excluding hydrogens is 840 g/mol. The molecule has 7 aromatic carbocycles. The molecular formula is C60H55BN2OS2. The minimum Gasteiger partial charge on any atom is -0.456 e. The third-order valence-corrected chi connectivity index (χ3v) is 17.9. The molecule has 5 heterocycles. The van der Waals surface area contributed by atoms with Crippen LogP contribution in [0.4, 0.5) is 11.4 Å². The molecule has 1 aliphatic carbocycles. The van der Waals surface area contributed by atoms with Crippen molar-refractivity contribution in [2.45, 2.75) is 104 Å². The Bertz CT molecular complexity index is 3890. The van der Waals surface area contributed by atoms with Gasteiger partial charge < -0.3 is 14.3 Å². The smallest absolute Gasteiger partial charge is 0.211 e. The van der Waals surface area contributed by atoms with Crippen LogP contribution in [0.15, 0.2) is 120 Å². The van der Waals surface area contributed by atoms with Crippen LogP contribution < -0.4 is 15.6 Å². The van der Waals surface area contributed by atoms with E-state index in [0.29, 0.717) is 0 Å². The third kappa shape index (κ3) is 5.86. The Hall–Kier alpha value is -5.82. The first kappa shape index (κ1) is 40.5. The Kier molecular flexibility index (Phi) is 8.23. The third-order valence-electron chi connectivity index (χ3n) is 15.6. The van der Waals surface area contributed by atoms with Crippen molar-refractivity contribution in [3.8, 4) is 16.8 Å². The Morgan fingerprint density at radius 3 is 2.02 bits per heavy atom. The first-order valence-electron chi connectivity index (χ1n) is 23.8. The van der Waals surface area contributed by atoms with E-state index in [0.717, 1.165) is 35.2 Å². The highest BCUT2D eigenvalue weighted by Gasteiger charge is 2.38. The highest BCUT2D eigenvalue weighted by atomic mass is 32.1. The van der Waals surface area contributed by atoms with Crippen molar-refractivity contribution in [2.24, 2.45) is 0 Å². The number of aromatic nitrogens is 1. The minimum atomic E-state index is 0.0312. The zero-order valence-electron chi connectivity index (χ0n) is 39.8. The van der Waals surface area contributed by atoms with E-state index in [4.69, 9.17) is 4.42 Å². The normalized spacial score (nSPS) is 15.7. The van der Waals surface area contributed by atoms with Gasteiger partial charge in [0, 0.05) is 80.3 Å². The molecule has 66 heavy (non-hydrogen) atoms. The molecule has 0 saturated heterocycles. The lowest BCUT2D eigenvalue weighted by Gasteiger charge is -2.41. The second-order valence-corrected chi connectivity index (χ2v) is 25.1. The van der Waals surface area contributed by atoms with Crippen LogP contribution in [0.1, 0.15) is 104 Å². The van der Waals surface area contributed by atoms with Gasteiger partial charge in [-0.2, -0.15) is 0 Å². The van der Waals surface area contributed by atoms with Crippen molar-refractivity contribution in [1.29, 1.82) is 0 Å². The highest BCUT2D eigenvalue weighted by Crippen LogP contribution is 2.51. The molecule has 0 bridgehead atoms. The van der Waals surface area contributed by atoms with Crippen molar-refractivity contribution in [3.05, 3.63) is 138 Å². The minimum absolute atomic E-state index is 0.0312. The van der Waals surface area contributed by atoms with E-state index in [-0.39, 0.29) is 21.7 Å². The summed E-state index contributed by atoms with van der Waals surface area (Å²) in [6.07, 6.45) is 2.41. The summed E-state index contributed by atoms with van der Waals surface area (Å²) in [6.45, 7) is 23.6. The zero-order valence-corrected chi connectivity index (χ0v) is 41.4. The van der Waals surface area contributed by atoms with Crippen molar-refractivity contribution in [1.82, 2.24) is 4.57 Å². The summed E-state index contributed by atoms with van der Waals surface area (Å²) >= 11 is 3.91. The maximum Gasteiger partial charge on any atom is 0.211 e. The standard InChI is InChI=1S/C60H55BN2OS2/c1-57(2,3)32-15-18-34(19-16-32)62-46-30-52-41(42-28-44-45(29-51(42)65-52)60(9,10)24-23-59(44,7)8)26-38(46)36-20-21-37-39-27-40-35-13-11-12-14-48(35)64-49(40)31-47(39)63-54(37)53(36)61-56-55(63)43-25-33(58(4,5)6)17-22-50(43)66-56/h11-22,25-31,61-62H,23-24H2,1-10H3. The van der Waals surface area contributed by atoms with Crippen LogP contribution in [0.2, 0.25) is 0 Å². The molecule has 0 amide bonds. The molecule has 0 fully saturated rings. The maximum absolute atomic E-state index is 6.63. The molecule has 1 aliphatic heterocycles. The number of furan rings is 1. The molecule has 2 aliphatic rings. The molecule has 0 unspecified atom stereocenters. The molecule has 3 nitrogen and oxygen atoms in total. The van der Waals surface area contributed by atoms with Crippen LogP contribution in [0.25, 0.3) is 90.8 Å². The van der Waals surface area contributed by atoms with Gasteiger partial charge in [-0.25, -0.2) is 0 Å². The fourth-order valence-corrected chi connectivity index (χ4v) is 13.9. The van der Waals surface area contributed by atoms with Gasteiger partial charge in [-0.15, -0.1) is 22.7 Å². The Morgan fingerprint density at radius 1 is 0.561 bits per heavy atom. The van der Waals surface area contributed by atoms with Gasteiger partial charge >= 0.3 is 0 Å². The number of hydrogen-bond donors (Lipinski definition) is 1. The largest absolute Gasteiger partial charge is 0.456 e. The Labute approximate surface area is 395 Å². The molecule has 326 valence electrons. The fourth-order valence-electron chi connectivity index (χ4n) is 11.6. The lowest BCUT2D eigenvalue weighted by atomic mass is 9.63. The van der Waals surface area contributed by atoms with E-state index in [9.17, 15) is 0 Å². The fraction of sp³-hybridized carbons (Fsp3) is 0.267. The summed E-state index contributed by atoms with van der Waals surface area (Å²) in [5.74, 6) is 0. The van der Waals surface area contributed by atoms with Crippen LogP contribution >= 0.6 is 22.7 Å². The van der Waals surface area contributed by atoms with Gasteiger partial charge in [-0.1, -0.05) is 118 Å². The number of para-hydroxylation sites is 1. The van der Waals surface area contributed by atoms with Crippen LogP contribution in [0, 0.1) is 0 Å². The van der Waals surface area contributed by atoms with Crippen molar-refractivity contribution < 1.29 is 4.42 Å². The first-order chi connectivity index (χ1) is 31.4. The van der Waals surface area contributed by atoms with Crippen molar-refractivity contribution >= 4 is 126 Å². The maximum atomic E-state index is 6.63. The van der Waals surface area contributed by atoms with Gasteiger partial charge in [0.1, 0.15) is 11.2 Å². The van der Waals surface area contributed by atoms with E-state index >= 15 is 0 Å². The first-order valence-corrected chi connectivity index (χ1v) is 25.5. The second kappa shape index (κ2) is 13.4. The molecule has 11 aromatic rings. The quantitative estimate of drug-likeness (QED) is 0.179. The predicted molar refractivity (Wildman–Crippen MR) is 291 cm³/mol. The molecule has 6 heteroatoms. The highest BCUT2D eigenvalue weighted by molar-refractivity contribution is 7.29. The topological polar surface area (TPSA) is 30.1 Å². The van der Waals surface area contributed by atoms with E-state index < -0.39 is 0 Å². The summed E-state index contributed by atoms with van der Waals surface area (Å²) in [5.41, 5.74) is 18.0. The summed E-state index contributed by atoms with van der Waals surface area (Å²) in [5, 5.41) is 13.0. The Morgan fingerprint density at radius 2 is 1.26 bits per heavy atom. The molecule has 0 atom stereocenters. The van der Waals surface area contributed by atoms with Crippen molar-refractivity contribution in [3.63, 3.8) is 0 Å². The summed E-state index contributed by atoms with van der Waals surface area (Å²) in [6, 6.07) is 44.4. The predicted octanol–water partition coefficient (Wildman–Crippen LogP) is 16.3. The van der Waals surface area contributed by atoms with E-state index in [1.54, 1.807) is 0 Å². The van der Waals surface area contributed by atoms with E-state index in [1.807, 2.05) is 22.7 Å². The zero-order chi connectivity index (χ0) is 45.4. The van der Waals surface area contributed by atoms with Crippen LogP contribution in [0.3, 0.4) is 0 Å². The lowest BCUT2D eigenvalue weighted by molar-refractivity contribution is 0.332. The number of benzene rings is 7. The average Bonchev–Trinajstić information content (AvgIpc) is 4.02. The monoisotopic (exact) mass is 894 g/mol. The summed E-state index contributed by atoms with van der Waals surface area (Å²) in [4.78, 5) is 0. The molecule has 13 rings (SSSR count). The SMILES string of the molecule is CC(C)(C)c1ccc(Nc2cc3sc4cc5c(cc4c3cc2-c2ccc3c4cc6c(cc4n4c3c2Bc2sc3ccc(C(C)(C)C)cc3c2-4)oc2ccccc26)C(C)(C)CCC5(C)C)cc1. The molecule has 0 spiro atoms. The van der Waals surface area contributed by atoms with Gasteiger partial charge in [-0.05, 0) is 133 Å². The van der Waals surface area contributed by atoms with Gasteiger partial charge in [0.2, 0.25) is 7.28 Å². The van der Waals surface area contributed by atoms with Crippen LogP contribution in [0.5, 0.6) is 0 Å². The average molecular weight is 895 g/mol. The number of nitrogens with one attached hydrogen (secondary N) is 1. The van der Waals surface area contributed by atoms with Gasteiger partial charge in [-0.3, -0.25) is 0 Å². The Balaban J connectivity index is 1.11. The number of nitrogens with zero attached hydrogens (tertiary/aromatic N) is 1. The van der Waals surface area contributed by atoms with E-state index in [2.05, 4.69) is 194 Å². The number of hydrogen-bond acceptors (Lipinski definition) is 4. The number of thiophene rings is 2. The van der Waals surface area contributed by atoms with Gasteiger partial charge in [0.25, 0.3) is 0 Å². The number of rotatable bonds is 3. The van der Waals surface area contributed by atoms with Gasteiger partial charge in [0.05, 0.1) is 11.2 Å². The summed E-state index contributed by atoms with van der Waals surface area (Å²) < 4.78 is 14.7. The van der Waals surface area contributed by atoms with Crippen LogP contribution in [-0.2, 0) is 21.7 Å². The molecule has 0 radical (unpaired) electrons. The summed E-state index contributed by atoms with van der Waals surface area (Å²) in [7, 11) is 0.862. The molecule has 1 N–H and O–H groups in total. The molecule has 4 aromatic heterocycles. The molecule has 0 saturated carbocycles. The number of anilines is 2. The second-order valence-electron chi connectivity index (χ2n) is 22.9. The lowest BCUT2D eigenvalue weighted by Crippen LogP contribution is -2.35. The van der Waals surface area contributed by atoms with Crippen LogP contribution in [-0.4, -0.2) is 11.8 Å².